The average Bonchev–Trinajstić information content (AvgIpc) is 3.99. The van der Waals surface area contributed by atoms with Crippen LogP contribution in [0.2, 0.25) is 0 Å². The van der Waals surface area contributed by atoms with Gasteiger partial charge in [0.15, 0.2) is 0 Å². The van der Waals surface area contributed by atoms with Crippen LogP contribution in [0.4, 0.5) is 17.1 Å². The van der Waals surface area contributed by atoms with E-state index in [0.29, 0.717) is 0 Å². The molecule has 2 heteroatoms. The molecule has 0 amide bonds. The van der Waals surface area contributed by atoms with Crippen molar-refractivity contribution in [3.05, 3.63) is 259 Å². The van der Waals surface area contributed by atoms with E-state index >= 15 is 0 Å². The van der Waals surface area contributed by atoms with Gasteiger partial charge in [0.2, 0.25) is 0 Å². The van der Waals surface area contributed by atoms with E-state index in [0.717, 1.165) is 50.1 Å². The van der Waals surface area contributed by atoms with E-state index in [1.54, 1.807) is 0 Å². The van der Waals surface area contributed by atoms with Gasteiger partial charge >= 0.3 is 0 Å². The number of benzene rings is 10. The molecule has 0 N–H and O–H groups in total. The molecule has 0 aliphatic heterocycles. The summed E-state index contributed by atoms with van der Waals surface area (Å²) in [5.41, 5.74) is 22.1. The Hall–Kier alpha value is -8.20. The Morgan fingerprint density at radius 1 is 0.317 bits per heavy atom. The third-order valence-electron chi connectivity index (χ3n) is 13.5. The lowest BCUT2D eigenvalue weighted by Crippen LogP contribution is -2.26. The average molecular weight is 802 g/mol. The number of hydrogen-bond acceptors (Lipinski definition) is 2. The number of furan rings is 1. The van der Waals surface area contributed by atoms with Crippen LogP contribution in [-0.4, -0.2) is 0 Å². The highest BCUT2D eigenvalue weighted by Crippen LogP contribution is 2.65. The van der Waals surface area contributed by atoms with Crippen molar-refractivity contribution >= 4 is 39.0 Å². The fraction of sp³-hybridized carbons (Fsp3) is 0.0164. The van der Waals surface area contributed by atoms with Gasteiger partial charge < -0.3 is 9.32 Å². The zero-order valence-corrected chi connectivity index (χ0v) is 34.4. The summed E-state index contributed by atoms with van der Waals surface area (Å²) in [5.74, 6) is 0. The number of anilines is 3. The van der Waals surface area contributed by atoms with Crippen LogP contribution < -0.4 is 4.90 Å². The predicted octanol–water partition coefficient (Wildman–Crippen LogP) is 16.4. The molecule has 0 fully saturated rings. The fourth-order valence-corrected chi connectivity index (χ4v) is 10.8. The van der Waals surface area contributed by atoms with Crippen molar-refractivity contribution in [2.75, 3.05) is 4.90 Å². The summed E-state index contributed by atoms with van der Waals surface area (Å²) in [6, 6.07) is 86.6. The Kier molecular flexibility index (Phi) is 7.85. The molecule has 2 aliphatic carbocycles. The molecule has 0 saturated heterocycles. The second-order valence-electron chi connectivity index (χ2n) is 16.7. The standard InChI is InChI=1S/C61H39NO/c1-3-15-40(16-4-1)42-29-34-45(35-30-42)62(46-36-31-43(32-37-46)47-22-13-28-58-59(47)51-21-9-12-27-57(51)63-58)56-26-14-25-54-60(56)50-20-8-11-24-53(50)61(54)52-23-10-7-19-48(52)49-38-33-44(39-55(49)61)41-17-5-2-6-18-41/h1-39H. The van der Waals surface area contributed by atoms with Gasteiger partial charge in [-0.2, -0.15) is 0 Å². The smallest absolute Gasteiger partial charge is 0.136 e. The molecule has 1 aromatic heterocycles. The first-order valence-electron chi connectivity index (χ1n) is 21.8. The van der Waals surface area contributed by atoms with Gasteiger partial charge in [-0.3, -0.25) is 0 Å². The molecule has 13 rings (SSSR count). The van der Waals surface area contributed by atoms with E-state index < -0.39 is 5.41 Å². The van der Waals surface area contributed by atoms with Crippen LogP contribution in [0.3, 0.4) is 0 Å². The van der Waals surface area contributed by atoms with Crippen molar-refractivity contribution in [3.8, 4) is 55.6 Å². The molecule has 0 bridgehead atoms. The Morgan fingerprint density at radius 2 is 0.825 bits per heavy atom. The van der Waals surface area contributed by atoms with Gasteiger partial charge in [-0.25, -0.2) is 0 Å². The lowest BCUT2D eigenvalue weighted by molar-refractivity contribution is 0.669. The maximum Gasteiger partial charge on any atom is 0.136 e. The minimum atomic E-state index is -0.503. The van der Waals surface area contributed by atoms with Gasteiger partial charge in [-0.05, 0) is 121 Å². The molecule has 294 valence electrons. The maximum atomic E-state index is 6.31. The molecular weight excluding hydrogens is 763 g/mol. The Morgan fingerprint density at radius 3 is 1.57 bits per heavy atom. The molecular formula is C61H39NO. The van der Waals surface area contributed by atoms with Crippen LogP contribution in [-0.2, 0) is 5.41 Å². The summed E-state index contributed by atoms with van der Waals surface area (Å²) >= 11 is 0. The van der Waals surface area contributed by atoms with E-state index in [2.05, 4.69) is 235 Å². The first kappa shape index (κ1) is 35.5. The normalized spacial score (nSPS) is 14.4. The van der Waals surface area contributed by atoms with Gasteiger partial charge in [0.05, 0.1) is 11.1 Å². The van der Waals surface area contributed by atoms with E-state index in [1.807, 2.05) is 6.07 Å². The summed E-state index contributed by atoms with van der Waals surface area (Å²) in [6.07, 6.45) is 0. The number of rotatable bonds is 6. The highest BCUT2D eigenvalue weighted by atomic mass is 16.3. The minimum Gasteiger partial charge on any atom is -0.456 e. The van der Waals surface area contributed by atoms with Crippen molar-refractivity contribution in [2.45, 2.75) is 5.41 Å². The largest absolute Gasteiger partial charge is 0.456 e. The second-order valence-corrected chi connectivity index (χ2v) is 16.7. The molecule has 0 saturated carbocycles. The van der Waals surface area contributed by atoms with E-state index in [9.17, 15) is 0 Å². The molecule has 1 heterocycles. The van der Waals surface area contributed by atoms with E-state index in [1.165, 1.54) is 66.8 Å². The molecule has 0 radical (unpaired) electrons. The zero-order chi connectivity index (χ0) is 41.5. The Balaban J connectivity index is 1.04. The maximum absolute atomic E-state index is 6.31. The zero-order valence-electron chi connectivity index (χ0n) is 34.4. The van der Waals surface area contributed by atoms with Crippen LogP contribution in [0.25, 0.3) is 77.6 Å². The number of para-hydroxylation sites is 1. The van der Waals surface area contributed by atoms with Crippen LogP contribution in [0.1, 0.15) is 22.3 Å². The van der Waals surface area contributed by atoms with Gasteiger partial charge in [0.25, 0.3) is 0 Å². The highest BCUT2D eigenvalue weighted by molar-refractivity contribution is 6.12. The van der Waals surface area contributed by atoms with E-state index in [4.69, 9.17) is 4.42 Å². The molecule has 1 atom stereocenters. The lowest BCUT2D eigenvalue weighted by atomic mass is 9.70. The van der Waals surface area contributed by atoms with Crippen molar-refractivity contribution in [1.29, 1.82) is 0 Å². The van der Waals surface area contributed by atoms with Crippen molar-refractivity contribution in [3.63, 3.8) is 0 Å². The summed E-state index contributed by atoms with van der Waals surface area (Å²) in [5, 5.41) is 2.27. The second kappa shape index (κ2) is 13.9. The summed E-state index contributed by atoms with van der Waals surface area (Å²) in [4.78, 5) is 2.46. The molecule has 10 aromatic carbocycles. The van der Waals surface area contributed by atoms with Crippen LogP contribution in [0, 0.1) is 0 Å². The third-order valence-corrected chi connectivity index (χ3v) is 13.5. The molecule has 1 unspecified atom stereocenters. The first-order valence-corrected chi connectivity index (χ1v) is 21.8. The van der Waals surface area contributed by atoms with E-state index in [-0.39, 0.29) is 0 Å². The molecule has 2 nitrogen and oxygen atoms in total. The Labute approximate surface area is 366 Å². The number of nitrogens with zero attached hydrogens (tertiary/aromatic N) is 1. The van der Waals surface area contributed by atoms with Gasteiger partial charge in [0, 0.05) is 27.7 Å². The summed E-state index contributed by atoms with van der Waals surface area (Å²) in [6.45, 7) is 0. The lowest BCUT2D eigenvalue weighted by Gasteiger charge is -2.32. The van der Waals surface area contributed by atoms with Crippen molar-refractivity contribution in [2.24, 2.45) is 0 Å². The van der Waals surface area contributed by atoms with Gasteiger partial charge in [-0.1, -0.05) is 188 Å². The summed E-state index contributed by atoms with van der Waals surface area (Å²) < 4.78 is 6.31. The summed E-state index contributed by atoms with van der Waals surface area (Å²) in [7, 11) is 0. The quantitative estimate of drug-likeness (QED) is 0.167. The predicted molar refractivity (Wildman–Crippen MR) is 261 cm³/mol. The topological polar surface area (TPSA) is 16.4 Å². The van der Waals surface area contributed by atoms with Crippen LogP contribution >= 0.6 is 0 Å². The van der Waals surface area contributed by atoms with Crippen LogP contribution in [0.5, 0.6) is 0 Å². The minimum absolute atomic E-state index is 0.503. The number of fused-ring (bicyclic) bond motifs is 13. The first-order chi connectivity index (χ1) is 31.3. The Bertz CT molecular complexity index is 3550. The fourth-order valence-electron chi connectivity index (χ4n) is 10.8. The highest BCUT2D eigenvalue weighted by Gasteiger charge is 2.52. The molecule has 11 aromatic rings. The van der Waals surface area contributed by atoms with Gasteiger partial charge in [0.1, 0.15) is 11.2 Å². The molecule has 2 aliphatic rings. The van der Waals surface area contributed by atoms with Gasteiger partial charge in [-0.15, -0.1) is 0 Å². The van der Waals surface area contributed by atoms with Crippen molar-refractivity contribution < 1.29 is 4.42 Å². The van der Waals surface area contributed by atoms with Crippen molar-refractivity contribution in [1.82, 2.24) is 0 Å². The molecule has 1 spiro atoms. The SMILES string of the molecule is c1ccc(-c2ccc(N(c3ccc(-c4cccc5oc6ccccc6c45)cc3)c3cccc4c3-c3ccccc3C43c4ccccc4-c4ccc(-c5ccccc5)cc43)cc2)cc1. The monoisotopic (exact) mass is 801 g/mol. The molecule has 63 heavy (non-hydrogen) atoms. The third kappa shape index (κ3) is 5.25. The number of hydrogen-bond donors (Lipinski definition) is 0. The van der Waals surface area contributed by atoms with Crippen LogP contribution in [0.15, 0.2) is 241 Å².